The number of nitrogens with zero attached hydrogens (tertiary/aromatic N) is 5. The van der Waals surface area contributed by atoms with Crippen molar-refractivity contribution in [1.82, 2.24) is 19.9 Å². The van der Waals surface area contributed by atoms with Crippen LogP contribution in [0.25, 0.3) is 11.0 Å². The van der Waals surface area contributed by atoms with Crippen molar-refractivity contribution in [3.05, 3.63) is 83.4 Å². The van der Waals surface area contributed by atoms with E-state index in [-0.39, 0.29) is 0 Å². The lowest BCUT2D eigenvalue weighted by atomic mass is 10.00. The van der Waals surface area contributed by atoms with Gasteiger partial charge in [-0.3, -0.25) is 4.98 Å². The van der Waals surface area contributed by atoms with Crippen LogP contribution in [0.5, 0.6) is 11.8 Å². The first-order valence-corrected chi connectivity index (χ1v) is 8.96. The van der Waals surface area contributed by atoms with E-state index in [1.165, 1.54) is 13.3 Å². The van der Waals surface area contributed by atoms with Crippen molar-refractivity contribution in [2.45, 2.75) is 13.0 Å². The van der Waals surface area contributed by atoms with Crippen LogP contribution in [0.1, 0.15) is 22.3 Å². The molecule has 4 aromatic rings. The first-order valence-electron chi connectivity index (χ1n) is 8.96. The molecule has 7 heteroatoms. The zero-order valence-electron chi connectivity index (χ0n) is 15.7. The summed E-state index contributed by atoms with van der Waals surface area (Å²) in [5.74, 6) is 0.912. The van der Waals surface area contributed by atoms with Gasteiger partial charge in [0.1, 0.15) is 18.2 Å². The number of hydrogen-bond donors (Lipinski definition) is 0. The van der Waals surface area contributed by atoms with Crippen LogP contribution in [-0.2, 0) is 13.0 Å². The topological polar surface area (TPSA) is 93.8 Å². The molecular formula is C22H17N5O2. The van der Waals surface area contributed by atoms with Gasteiger partial charge in [0, 0.05) is 36.6 Å². The number of methoxy groups -OCH3 is 1. The standard InChI is InChI=1S/C22H17N5O2/c1-28-21-13-25-19-6-5-17(18(10-23)22(19)27-21)9-15-4-7-20(26-12-15)29-14-16-3-2-8-24-11-16/h2-8,11-13H,9,14H2,1H3. The summed E-state index contributed by atoms with van der Waals surface area (Å²) in [6.45, 7) is 0.407. The fourth-order valence-electron chi connectivity index (χ4n) is 2.94. The molecule has 0 saturated heterocycles. The van der Waals surface area contributed by atoms with Gasteiger partial charge in [0.05, 0.1) is 24.4 Å². The van der Waals surface area contributed by atoms with E-state index in [0.717, 1.165) is 16.7 Å². The molecule has 0 bridgehead atoms. The van der Waals surface area contributed by atoms with Gasteiger partial charge in [-0.25, -0.2) is 15.0 Å². The summed E-state index contributed by atoms with van der Waals surface area (Å²) in [6.07, 6.45) is 7.32. The van der Waals surface area contributed by atoms with Crippen LogP contribution in [0.2, 0.25) is 0 Å². The number of pyridine rings is 2. The zero-order valence-corrected chi connectivity index (χ0v) is 15.7. The molecule has 0 saturated carbocycles. The molecule has 0 atom stereocenters. The summed E-state index contributed by atoms with van der Waals surface area (Å²) in [5, 5.41) is 9.68. The molecule has 0 aliphatic heterocycles. The third-order valence-corrected chi connectivity index (χ3v) is 4.40. The highest BCUT2D eigenvalue weighted by atomic mass is 16.5. The molecule has 0 amide bonds. The molecule has 0 fully saturated rings. The van der Waals surface area contributed by atoms with Crippen LogP contribution >= 0.6 is 0 Å². The van der Waals surface area contributed by atoms with Gasteiger partial charge in [0.2, 0.25) is 11.8 Å². The quantitative estimate of drug-likeness (QED) is 0.503. The van der Waals surface area contributed by atoms with Crippen LogP contribution in [0.15, 0.2) is 61.2 Å². The van der Waals surface area contributed by atoms with Crippen molar-refractivity contribution in [2.75, 3.05) is 7.11 Å². The summed E-state index contributed by atoms with van der Waals surface area (Å²) < 4.78 is 10.8. The molecule has 0 N–H and O–H groups in total. The Morgan fingerprint density at radius 2 is 1.90 bits per heavy atom. The number of rotatable bonds is 6. The van der Waals surface area contributed by atoms with Gasteiger partial charge in [-0.1, -0.05) is 18.2 Å². The Morgan fingerprint density at radius 1 is 0.966 bits per heavy atom. The first kappa shape index (κ1) is 18.3. The van der Waals surface area contributed by atoms with Crippen molar-refractivity contribution in [1.29, 1.82) is 5.26 Å². The minimum Gasteiger partial charge on any atom is -0.480 e. The Bertz CT molecular complexity index is 1170. The molecule has 0 aliphatic carbocycles. The highest BCUT2D eigenvalue weighted by Gasteiger charge is 2.12. The summed E-state index contributed by atoms with van der Waals surface area (Å²) in [7, 11) is 1.52. The Labute approximate surface area is 167 Å². The lowest BCUT2D eigenvalue weighted by Gasteiger charge is -2.09. The number of aromatic nitrogens is 4. The minimum absolute atomic E-state index is 0.378. The van der Waals surface area contributed by atoms with Gasteiger partial charge >= 0.3 is 0 Å². The van der Waals surface area contributed by atoms with Crippen molar-refractivity contribution < 1.29 is 9.47 Å². The highest BCUT2D eigenvalue weighted by Crippen LogP contribution is 2.23. The van der Waals surface area contributed by atoms with Gasteiger partial charge in [-0.2, -0.15) is 5.26 Å². The fraction of sp³-hybridized carbons (Fsp3) is 0.136. The molecule has 142 valence electrons. The van der Waals surface area contributed by atoms with E-state index < -0.39 is 0 Å². The molecule has 0 radical (unpaired) electrons. The molecule has 0 aliphatic rings. The lowest BCUT2D eigenvalue weighted by molar-refractivity contribution is 0.293. The van der Waals surface area contributed by atoms with Crippen LogP contribution in [0.3, 0.4) is 0 Å². The van der Waals surface area contributed by atoms with Crippen LogP contribution < -0.4 is 9.47 Å². The summed E-state index contributed by atoms with van der Waals surface area (Å²) in [5.41, 5.74) is 4.48. The van der Waals surface area contributed by atoms with E-state index in [9.17, 15) is 5.26 Å². The van der Waals surface area contributed by atoms with E-state index in [1.54, 1.807) is 18.6 Å². The normalized spacial score (nSPS) is 10.5. The lowest BCUT2D eigenvalue weighted by Crippen LogP contribution is -2.00. The molecule has 7 nitrogen and oxygen atoms in total. The fourth-order valence-corrected chi connectivity index (χ4v) is 2.94. The number of ether oxygens (including phenoxy) is 2. The summed E-state index contributed by atoms with van der Waals surface area (Å²) >= 11 is 0. The van der Waals surface area contributed by atoms with E-state index in [4.69, 9.17) is 9.47 Å². The predicted molar refractivity (Wildman–Crippen MR) is 106 cm³/mol. The van der Waals surface area contributed by atoms with Gasteiger partial charge in [0.25, 0.3) is 0 Å². The maximum atomic E-state index is 9.68. The van der Waals surface area contributed by atoms with Crippen LogP contribution in [-0.4, -0.2) is 27.0 Å². The Hall–Kier alpha value is -4.05. The molecule has 4 rings (SSSR count). The summed E-state index contributed by atoms with van der Waals surface area (Å²) in [4.78, 5) is 17.1. The maximum Gasteiger partial charge on any atom is 0.232 e. The first-order chi connectivity index (χ1) is 14.3. The molecular weight excluding hydrogens is 366 g/mol. The average Bonchev–Trinajstić information content (AvgIpc) is 2.78. The number of benzene rings is 1. The van der Waals surface area contributed by atoms with Gasteiger partial charge in [0.15, 0.2) is 0 Å². The van der Waals surface area contributed by atoms with Crippen molar-refractivity contribution >= 4 is 11.0 Å². The SMILES string of the molecule is COc1cnc2ccc(Cc3ccc(OCc4cccnc4)nc3)c(C#N)c2n1. The molecule has 0 spiro atoms. The second-order valence-electron chi connectivity index (χ2n) is 6.32. The van der Waals surface area contributed by atoms with Crippen LogP contribution in [0, 0.1) is 11.3 Å². The predicted octanol–water partition coefficient (Wildman–Crippen LogP) is 3.47. The van der Waals surface area contributed by atoms with Gasteiger partial charge in [-0.15, -0.1) is 0 Å². The third-order valence-electron chi connectivity index (χ3n) is 4.40. The number of hydrogen-bond acceptors (Lipinski definition) is 7. The average molecular weight is 383 g/mol. The summed E-state index contributed by atoms with van der Waals surface area (Å²) in [6, 6.07) is 13.6. The van der Waals surface area contributed by atoms with Crippen molar-refractivity contribution in [3.63, 3.8) is 0 Å². The second-order valence-corrected chi connectivity index (χ2v) is 6.32. The molecule has 3 aromatic heterocycles. The second kappa shape index (κ2) is 8.31. The van der Waals surface area contributed by atoms with Crippen molar-refractivity contribution in [3.8, 4) is 17.8 Å². The van der Waals surface area contributed by atoms with Gasteiger partial charge < -0.3 is 9.47 Å². The zero-order chi connectivity index (χ0) is 20.1. The third kappa shape index (κ3) is 4.12. The van der Waals surface area contributed by atoms with Gasteiger partial charge in [-0.05, 0) is 23.3 Å². The van der Waals surface area contributed by atoms with E-state index in [1.807, 2.05) is 36.4 Å². The van der Waals surface area contributed by atoms with E-state index in [0.29, 0.717) is 41.4 Å². The minimum atomic E-state index is 0.378. The number of nitriles is 1. The number of fused-ring (bicyclic) bond motifs is 1. The highest BCUT2D eigenvalue weighted by molar-refractivity contribution is 5.82. The Morgan fingerprint density at radius 3 is 2.62 bits per heavy atom. The molecule has 1 aromatic carbocycles. The Balaban J connectivity index is 1.53. The van der Waals surface area contributed by atoms with Crippen molar-refractivity contribution in [2.24, 2.45) is 0 Å². The monoisotopic (exact) mass is 383 g/mol. The molecule has 3 heterocycles. The molecule has 0 unspecified atom stereocenters. The van der Waals surface area contributed by atoms with E-state index in [2.05, 4.69) is 26.0 Å². The molecule has 29 heavy (non-hydrogen) atoms. The smallest absolute Gasteiger partial charge is 0.232 e. The maximum absolute atomic E-state index is 9.68. The van der Waals surface area contributed by atoms with E-state index >= 15 is 0 Å². The van der Waals surface area contributed by atoms with Crippen LogP contribution in [0.4, 0.5) is 0 Å². The Kier molecular flexibility index (Phi) is 5.25. The largest absolute Gasteiger partial charge is 0.480 e.